The van der Waals surface area contributed by atoms with Crippen LogP contribution in [0.3, 0.4) is 0 Å². The Morgan fingerprint density at radius 1 is 1.12 bits per heavy atom. The quantitative estimate of drug-likeness (QED) is 0.404. The first-order chi connectivity index (χ1) is 15.6. The highest BCUT2D eigenvalue weighted by Crippen LogP contribution is 2.39. The van der Waals surface area contributed by atoms with Crippen molar-refractivity contribution < 1.29 is 14.4 Å². The van der Waals surface area contributed by atoms with Gasteiger partial charge >= 0.3 is 0 Å². The molecule has 1 amide bonds. The van der Waals surface area contributed by atoms with Crippen molar-refractivity contribution in [2.45, 2.75) is 25.4 Å². The number of nitrogens with one attached hydrogen (secondary N) is 1. The van der Waals surface area contributed by atoms with Crippen molar-refractivity contribution in [3.8, 4) is 5.75 Å². The number of rotatable bonds is 7. The predicted molar refractivity (Wildman–Crippen MR) is 126 cm³/mol. The minimum atomic E-state index is -0.318. The summed E-state index contributed by atoms with van der Waals surface area (Å²) in [6.07, 6.45) is 2.14. The van der Waals surface area contributed by atoms with Crippen molar-refractivity contribution in [2.24, 2.45) is 5.16 Å². The summed E-state index contributed by atoms with van der Waals surface area (Å²) in [5.41, 5.74) is 5.70. The summed E-state index contributed by atoms with van der Waals surface area (Å²) >= 11 is 6.14. The minimum Gasteiger partial charge on any atom is -0.489 e. The molecule has 0 aromatic heterocycles. The van der Waals surface area contributed by atoms with Gasteiger partial charge in [-0.25, -0.2) is 0 Å². The number of oxime groups is 1. The lowest BCUT2D eigenvalue weighted by Crippen LogP contribution is -2.29. The van der Waals surface area contributed by atoms with Crippen LogP contribution >= 0.6 is 11.6 Å². The smallest absolute Gasteiger partial charge is 0.273 e. The SMILES string of the molecule is CNC(=O)/C(=N\OC)c1ccccc1COc1ccc(C2CCc3cc(Cl)ccc32)cc1. The topological polar surface area (TPSA) is 59.9 Å². The predicted octanol–water partition coefficient (Wildman–Crippen LogP) is 5.09. The van der Waals surface area contributed by atoms with Crippen molar-refractivity contribution in [1.29, 1.82) is 0 Å². The van der Waals surface area contributed by atoms with Gasteiger partial charge in [0.1, 0.15) is 19.5 Å². The zero-order chi connectivity index (χ0) is 22.5. The summed E-state index contributed by atoms with van der Waals surface area (Å²) in [4.78, 5) is 17.1. The van der Waals surface area contributed by atoms with Crippen LogP contribution in [0.4, 0.5) is 0 Å². The Morgan fingerprint density at radius 3 is 2.66 bits per heavy atom. The van der Waals surface area contributed by atoms with Crippen LogP contribution in [0.2, 0.25) is 5.02 Å². The van der Waals surface area contributed by atoms with Gasteiger partial charge in [-0.3, -0.25) is 4.79 Å². The van der Waals surface area contributed by atoms with E-state index in [0.717, 1.165) is 29.2 Å². The highest BCUT2D eigenvalue weighted by Gasteiger charge is 2.24. The van der Waals surface area contributed by atoms with E-state index in [1.807, 2.05) is 42.5 Å². The van der Waals surface area contributed by atoms with Gasteiger partial charge in [0.2, 0.25) is 0 Å². The molecular formula is C26H25ClN2O3. The van der Waals surface area contributed by atoms with Crippen LogP contribution in [-0.2, 0) is 22.7 Å². The first-order valence-electron chi connectivity index (χ1n) is 10.5. The van der Waals surface area contributed by atoms with E-state index in [1.165, 1.54) is 23.8 Å². The number of fused-ring (bicyclic) bond motifs is 1. The second-order valence-electron chi connectivity index (χ2n) is 7.65. The standard InChI is InChI=1S/C26H25ClN2O3/c1-28-26(30)25(29-31-2)24-6-4-3-5-19(24)16-32-21-11-7-17(8-12-21)22-13-9-18-15-20(27)10-14-23(18)22/h3-8,10-12,14-15,22H,9,13,16H2,1-2H3,(H,28,30)/b29-25-. The van der Waals surface area contributed by atoms with Gasteiger partial charge in [0.15, 0.2) is 5.71 Å². The Hall–Kier alpha value is -3.31. The van der Waals surface area contributed by atoms with E-state index in [-0.39, 0.29) is 11.6 Å². The molecule has 5 nitrogen and oxygen atoms in total. The molecule has 1 unspecified atom stereocenters. The number of aryl methyl sites for hydroxylation is 1. The first-order valence-corrected chi connectivity index (χ1v) is 10.9. The third-order valence-corrected chi connectivity index (χ3v) is 5.99. The van der Waals surface area contributed by atoms with E-state index in [4.69, 9.17) is 21.2 Å². The fourth-order valence-electron chi connectivity index (χ4n) is 4.19. The zero-order valence-corrected chi connectivity index (χ0v) is 18.9. The summed E-state index contributed by atoms with van der Waals surface area (Å²) in [5, 5.41) is 7.29. The van der Waals surface area contributed by atoms with Crippen LogP contribution in [0.25, 0.3) is 0 Å². The molecule has 0 bridgehead atoms. The molecule has 4 rings (SSSR count). The van der Waals surface area contributed by atoms with Crippen LogP contribution in [0, 0.1) is 0 Å². The Bertz CT molecular complexity index is 1140. The molecule has 0 heterocycles. The molecule has 0 fully saturated rings. The third-order valence-electron chi connectivity index (χ3n) is 5.76. The molecule has 1 atom stereocenters. The third kappa shape index (κ3) is 4.63. The van der Waals surface area contributed by atoms with Crippen LogP contribution < -0.4 is 10.1 Å². The van der Waals surface area contributed by atoms with E-state index >= 15 is 0 Å². The van der Waals surface area contributed by atoms with Gasteiger partial charge in [-0.1, -0.05) is 59.2 Å². The van der Waals surface area contributed by atoms with Crippen LogP contribution in [0.1, 0.15) is 40.2 Å². The number of hydrogen-bond acceptors (Lipinski definition) is 4. The first kappa shape index (κ1) is 21.9. The number of carbonyl (C=O) groups is 1. The fourth-order valence-corrected chi connectivity index (χ4v) is 4.38. The zero-order valence-electron chi connectivity index (χ0n) is 18.1. The summed E-state index contributed by atoms with van der Waals surface area (Å²) in [7, 11) is 2.98. The molecule has 164 valence electrons. The maximum Gasteiger partial charge on any atom is 0.273 e. The normalized spacial score (nSPS) is 15.2. The Kier molecular flexibility index (Phi) is 6.76. The molecule has 1 aliphatic carbocycles. The molecule has 3 aromatic carbocycles. The maximum atomic E-state index is 12.2. The number of carbonyl (C=O) groups excluding carboxylic acids is 1. The van der Waals surface area contributed by atoms with Crippen molar-refractivity contribution in [2.75, 3.05) is 14.2 Å². The van der Waals surface area contributed by atoms with Gasteiger partial charge in [-0.15, -0.1) is 0 Å². The van der Waals surface area contributed by atoms with Crippen molar-refractivity contribution in [3.63, 3.8) is 0 Å². The molecule has 3 aromatic rings. The average Bonchev–Trinajstić information content (AvgIpc) is 3.24. The van der Waals surface area contributed by atoms with E-state index in [2.05, 4.69) is 34.7 Å². The molecule has 1 N–H and O–H groups in total. The molecule has 0 saturated heterocycles. The highest BCUT2D eigenvalue weighted by molar-refractivity contribution is 6.45. The van der Waals surface area contributed by atoms with Gasteiger partial charge in [0.05, 0.1) is 0 Å². The monoisotopic (exact) mass is 448 g/mol. The van der Waals surface area contributed by atoms with E-state index in [9.17, 15) is 4.79 Å². The second-order valence-corrected chi connectivity index (χ2v) is 8.09. The largest absolute Gasteiger partial charge is 0.489 e. The van der Waals surface area contributed by atoms with Crippen LogP contribution in [-0.4, -0.2) is 25.8 Å². The summed E-state index contributed by atoms with van der Waals surface area (Å²) in [6, 6.07) is 21.9. The van der Waals surface area contributed by atoms with E-state index in [0.29, 0.717) is 18.1 Å². The highest BCUT2D eigenvalue weighted by atomic mass is 35.5. The van der Waals surface area contributed by atoms with Gasteiger partial charge in [-0.05, 0) is 59.4 Å². The number of nitrogens with zero attached hydrogens (tertiary/aromatic N) is 1. The van der Waals surface area contributed by atoms with Crippen molar-refractivity contribution in [1.82, 2.24) is 5.32 Å². The van der Waals surface area contributed by atoms with Crippen molar-refractivity contribution >= 4 is 23.2 Å². The molecule has 1 aliphatic rings. The second kappa shape index (κ2) is 9.88. The van der Waals surface area contributed by atoms with Crippen LogP contribution in [0.5, 0.6) is 5.75 Å². The molecule has 0 spiro atoms. The fraction of sp³-hybridized carbons (Fsp3) is 0.231. The number of likely N-dealkylation sites (N-methyl/N-ethyl adjacent to an activating group) is 1. The number of ether oxygens (including phenoxy) is 1. The van der Waals surface area contributed by atoms with Gasteiger partial charge in [-0.2, -0.15) is 0 Å². The number of amides is 1. The molecule has 0 radical (unpaired) electrons. The number of hydrogen-bond donors (Lipinski definition) is 1. The maximum absolute atomic E-state index is 12.2. The van der Waals surface area contributed by atoms with Crippen molar-refractivity contribution in [3.05, 3.63) is 99.6 Å². The molecule has 32 heavy (non-hydrogen) atoms. The minimum absolute atomic E-state index is 0.213. The Balaban J connectivity index is 1.49. The van der Waals surface area contributed by atoms with Gasteiger partial charge < -0.3 is 14.9 Å². The lowest BCUT2D eigenvalue weighted by Gasteiger charge is -2.14. The summed E-state index contributed by atoms with van der Waals surface area (Å²) in [6.45, 7) is 0.306. The molecule has 6 heteroatoms. The molecule has 0 saturated carbocycles. The van der Waals surface area contributed by atoms with Crippen LogP contribution in [0.15, 0.2) is 71.9 Å². The summed E-state index contributed by atoms with van der Waals surface area (Å²) in [5.74, 6) is 0.835. The van der Waals surface area contributed by atoms with Gasteiger partial charge in [0, 0.05) is 23.6 Å². The number of halogens is 1. The average molecular weight is 449 g/mol. The lowest BCUT2D eigenvalue weighted by atomic mass is 9.93. The number of benzene rings is 3. The lowest BCUT2D eigenvalue weighted by molar-refractivity contribution is -0.114. The summed E-state index contributed by atoms with van der Waals surface area (Å²) < 4.78 is 6.03. The van der Waals surface area contributed by atoms with E-state index < -0.39 is 0 Å². The molecular weight excluding hydrogens is 424 g/mol. The molecule has 0 aliphatic heterocycles. The Morgan fingerprint density at radius 2 is 1.91 bits per heavy atom. The van der Waals surface area contributed by atoms with E-state index in [1.54, 1.807) is 7.05 Å². The van der Waals surface area contributed by atoms with Gasteiger partial charge in [0.25, 0.3) is 5.91 Å². The Labute approximate surface area is 193 Å².